The Morgan fingerprint density at radius 2 is 2.22 bits per heavy atom. The number of anilines is 1. The van der Waals surface area contributed by atoms with Crippen molar-refractivity contribution in [1.29, 1.82) is 0 Å². The Bertz CT molecular complexity index is 457. The lowest BCUT2D eigenvalue weighted by atomic mass is 10.3. The standard InChI is InChI=1S/C9H20N6O2S/c1-3-4-18(16,17)12-5-7(2)11-6-8-13-9(10)15-14-8/h7,11-12H,3-6H2,1-2H3,(H3,10,13,14,15)/t7-/m0/s1. The predicted molar refractivity (Wildman–Crippen MR) is 69.2 cm³/mol. The number of aromatic nitrogens is 3. The maximum absolute atomic E-state index is 11.4. The number of nitrogens with one attached hydrogen (secondary N) is 3. The van der Waals surface area contributed by atoms with Crippen LogP contribution in [0.2, 0.25) is 0 Å². The summed E-state index contributed by atoms with van der Waals surface area (Å²) in [7, 11) is -3.15. The summed E-state index contributed by atoms with van der Waals surface area (Å²) in [5.74, 6) is 0.970. The summed E-state index contributed by atoms with van der Waals surface area (Å²) < 4.78 is 25.4. The summed E-state index contributed by atoms with van der Waals surface area (Å²) in [6.45, 7) is 4.51. The molecule has 0 radical (unpaired) electrons. The van der Waals surface area contributed by atoms with Crippen LogP contribution in [-0.4, -0.2) is 41.9 Å². The third-order valence-electron chi connectivity index (χ3n) is 2.25. The van der Waals surface area contributed by atoms with Gasteiger partial charge >= 0.3 is 0 Å². The molecule has 5 N–H and O–H groups in total. The second kappa shape index (κ2) is 6.66. The molecule has 0 saturated heterocycles. The van der Waals surface area contributed by atoms with Crippen molar-refractivity contribution >= 4 is 16.0 Å². The first-order chi connectivity index (χ1) is 8.43. The Morgan fingerprint density at radius 1 is 1.50 bits per heavy atom. The largest absolute Gasteiger partial charge is 0.367 e. The van der Waals surface area contributed by atoms with E-state index in [4.69, 9.17) is 5.73 Å². The van der Waals surface area contributed by atoms with Crippen molar-refractivity contribution in [3.05, 3.63) is 5.82 Å². The molecule has 0 spiro atoms. The maximum Gasteiger partial charge on any atom is 0.239 e. The summed E-state index contributed by atoms with van der Waals surface area (Å²) in [5.41, 5.74) is 5.36. The number of hydrogen-bond donors (Lipinski definition) is 4. The normalized spacial score (nSPS) is 13.7. The van der Waals surface area contributed by atoms with E-state index in [9.17, 15) is 8.42 Å². The molecule has 0 unspecified atom stereocenters. The number of hydrogen-bond acceptors (Lipinski definition) is 6. The van der Waals surface area contributed by atoms with E-state index in [-0.39, 0.29) is 17.7 Å². The van der Waals surface area contributed by atoms with Crippen molar-refractivity contribution in [1.82, 2.24) is 25.2 Å². The highest BCUT2D eigenvalue weighted by Gasteiger charge is 2.10. The average molecular weight is 276 g/mol. The first kappa shape index (κ1) is 14.9. The zero-order valence-corrected chi connectivity index (χ0v) is 11.4. The fraction of sp³-hybridized carbons (Fsp3) is 0.778. The van der Waals surface area contributed by atoms with Crippen LogP contribution >= 0.6 is 0 Å². The Labute approximate surface area is 107 Å². The highest BCUT2D eigenvalue weighted by molar-refractivity contribution is 7.89. The lowest BCUT2D eigenvalue weighted by Gasteiger charge is -2.13. The third kappa shape index (κ3) is 5.43. The smallest absolute Gasteiger partial charge is 0.239 e. The van der Waals surface area contributed by atoms with Crippen LogP contribution in [0.25, 0.3) is 0 Å². The quantitative estimate of drug-likeness (QED) is 0.492. The van der Waals surface area contributed by atoms with E-state index in [1.165, 1.54) is 0 Å². The van der Waals surface area contributed by atoms with Gasteiger partial charge in [-0.25, -0.2) is 13.1 Å². The van der Waals surface area contributed by atoms with Gasteiger partial charge in [-0.1, -0.05) is 6.92 Å². The van der Waals surface area contributed by atoms with Gasteiger partial charge in [0.15, 0.2) is 0 Å². The van der Waals surface area contributed by atoms with Crippen LogP contribution in [0.3, 0.4) is 0 Å². The van der Waals surface area contributed by atoms with Crippen molar-refractivity contribution in [2.24, 2.45) is 0 Å². The third-order valence-corrected chi connectivity index (χ3v) is 3.80. The molecule has 0 aliphatic rings. The van der Waals surface area contributed by atoms with E-state index in [0.717, 1.165) is 0 Å². The van der Waals surface area contributed by atoms with Gasteiger partial charge in [-0.05, 0) is 13.3 Å². The minimum absolute atomic E-state index is 0.0112. The van der Waals surface area contributed by atoms with Crippen LogP contribution in [0.5, 0.6) is 0 Å². The minimum atomic E-state index is -3.15. The van der Waals surface area contributed by atoms with Gasteiger partial charge in [0, 0.05) is 12.6 Å². The van der Waals surface area contributed by atoms with Gasteiger partial charge in [0.1, 0.15) is 5.82 Å². The predicted octanol–water partition coefficient (Wildman–Crippen LogP) is -0.806. The Balaban J connectivity index is 2.27. The van der Waals surface area contributed by atoms with Crippen LogP contribution < -0.4 is 15.8 Å². The van der Waals surface area contributed by atoms with Crippen molar-refractivity contribution in [3.8, 4) is 0 Å². The molecule has 1 aromatic heterocycles. The molecule has 0 aromatic carbocycles. The van der Waals surface area contributed by atoms with E-state index in [1.54, 1.807) is 0 Å². The number of aromatic amines is 1. The number of H-pyrrole nitrogens is 1. The van der Waals surface area contributed by atoms with Gasteiger partial charge in [-0.15, -0.1) is 5.10 Å². The van der Waals surface area contributed by atoms with Crippen molar-refractivity contribution in [2.75, 3.05) is 18.0 Å². The van der Waals surface area contributed by atoms with Gasteiger partial charge in [-0.3, -0.25) is 5.10 Å². The summed E-state index contributed by atoms with van der Waals surface area (Å²) in [4.78, 5) is 3.93. The zero-order valence-electron chi connectivity index (χ0n) is 10.6. The topological polar surface area (TPSA) is 126 Å². The summed E-state index contributed by atoms with van der Waals surface area (Å²) >= 11 is 0. The van der Waals surface area contributed by atoms with E-state index in [2.05, 4.69) is 25.2 Å². The molecular formula is C9H20N6O2S. The van der Waals surface area contributed by atoms with Crippen LogP contribution in [0.4, 0.5) is 5.95 Å². The molecule has 8 nitrogen and oxygen atoms in total. The number of nitrogens with zero attached hydrogens (tertiary/aromatic N) is 2. The van der Waals surface area contributed by atoms with Crippen LogP contribution in [0, 0.1) is 0 Å². The number of nitrogens with two attached hydrogens (primary N) is 1. The second-order valence-corrected chi connectivity index (χ2v) is 6.02. The number of nitrogen functional groups attached to an aromatic ring is 1. The summed E-state index contributed by atoms with van der Waals surface area (Å²) in [6, 6.07) is -0.0112. The van der Waals surface area contributed by atoms with Gasteiger partial charge in [-0.2, -0.15) is 4.98 Å². The van der Waals surface area contributed by atoms with Crippen molar-refractivity contribution < 1.29 is 8.42 Å². The van der Waals surface area contributed by atoms with Gasteiger partial charge in [0.25, 0.3) is 0 Å². The zero-order chi connectivity index (χ0) is 13.6. The lowest BCUT2D eigenvalue weighted by molar-refractivity contribution is 0.516. The molecule has 1 heterocycles. The molecule has 9 heteroatoms. The van der Waals surface area contributed by atoms with E-state index < -0.39 is 10.0 Å². The Morgan fingerprint density at radius 3 is 2.78 bits per heavy atom. The van der Waals surface area contributed by atoms with Crippen LogP contribution in [0.15, 0.2) is 0 Å². The molecule has 104 valence electrons. The van der Waals surface area contributed by atoms with Crippen LogP contribution in [-0.2, 0) is 16.6 Å². The van der Waals surface area contributed by atoms with Crippen LogP contribution in [0.1, 0.15) is 26.1 Å². The number of sulfonamides is 1. The molecule has 18 heavy (non-hydrogen) atoms. The lowest BCUT2D eigenvalue weighted by Crippen LogP contribution is -2.39. The summed E-state index contributed by atoms with van der Waals surface area (Å²) in [6.07, 6.45) is 0.606. The van der Waals surface area contributed by atoms with E-state index in [0.29, 0.717) is 25.3 Å². The molecule has 0 bridgehead atoms. The molecule has 1 atom stereocenters. The van der Waals surface area contributed by atoms with Crippen molar-refractivity contribution in [2.45, 2.75) is 32.9 Å². The highest BCUT2D eigenvalue weighted by Crippen LogP contribution is 1.94. The average Bonchev–Trinajstić information content (AvgIpc) is 2.70. The molecule has 0 aliphatic carbocycles. The fourth-order valence-electron chi connectivity index (χ4n) is 1.33. The molecular weight excluding hydrogens is 256 g/mol. The molecule has 0 amide bonds. The second-order valence-electron chi connectivity index (χ2n) is 4.09. The molecule has 0 fully saturated rings. The van der Waals surface area contributed by atoms with Crippen molar-refractivity contribution in [3.63, 3.8) is 0 Å². The number of rotatable bonds is 8. The molecule has 1 rings (SSSR count). The fourth-order valence-corrected chi connectivity index (χ4v) is 2.51. The highest BCUT2D eigenvalue weighted by atomic mass is 32.2. The van der Waals surface area contributed by atoms with Gasteiger partial charge in [0.2, 0.25) is 16.0 Å². The Hall–Kier alpha value is -1.19. The summed E-state index contributed by atoms with van der Waals surface area (Å²) in [5, 5.41) is 9.47. The monoisotopic (exact) mass is 276 g/mol. The molecule has 0 saturated carbocycles. The van der Waals surface area contributed by atoms with E-state index >= 15 is 0 Å². The Kier molecular flexibility index (Phi) is 5.51. The van der Waals surface area contributed by atoms with Gasteiger partial charge in [0.05, 0.1) is 12.3 Å². The SMILES string of the molecule is CCCS(=O)(=O)NC[C@H](C)NCc1nc(N)n[nH]1. The molecule has 1 aromatic rings. The maximum atomic E-state index is 11.4. The van der Waals surface area contributed by atoms with E-state index in [1.807, 2.05) is 13.8 Å². The first-order valence-corrected chi connectivity index (χ1v) is 7.45. The molecule has 0 aliphatic heterocycles. The first-order valence-electron chi connectivity index (χ1n) is 5.80. The minimum Gasteiger partial charge on any atom is -0.367 e. The van der Waals surface area contributed by atoms with Gasteiger partial charge < -0.3 is 11.1 Å².